The highest BCUT2D eigenvalue weighted by atomic mass is 79.9. The fourth-order valence-electron chi connectivity index (χ4n) is 11.2. The van der Waals surface area contributed by atoms with Crippen LogP contribution in [0.3, 0.4) is 0 Å². The van der Waals surface area contributed by atoms with Crippen LogP contribution in [-0.2, 0) is 0 Å². The summed E-state index contributed by atoms with van der Waals surface area (Å²) >= 11 is 27.9. The predicted octanol–water partition coefficient (Wildman–Crippen LogP) is 14.0. The molecule has 0 unspecified atom stereocenters. The summed E-state index contributed by atoms with van der Waals surface area (Å²) in [5.41, 5.74) is 0. The van der Waals surface area contributed by atoms with Gasteiger partial charge in [-0.3, -0.25) is 0 Å². The average Bonchev–Trinajstić information content (AvgIpc) is 3.27. The Hall–Kier alpha value is -4.40. The summed E-state index contributed by atoms with van der Waals surface area (Å²) in [7, 11) is 0. The van der Waals surface area contributed by atoms with Crippen molar-refractivity contribution in [1.82, 2.24) is 0 Å². The van der Waals surface area contributed by atoms with Crippen LogP contribution in [0.2, 0.25) is 0 Å². The molecule has 0 spiro atoms. The van der Waals surface area contributed by atoms with E-state index in [1.54, 1.807) is 0 Å². The lowest BCUT2D eigenvalue weighted by Gasteiger charge is -2.28. The third-order valence-corrected chi connectivity index (χ3v) is 16.3. The molecule has 0 atom stereocenters. The van der Waals surface area contributed by atoms with Crippen LogP contribution in [-0.4, -0.2) is 0 Å². The van der Waals surface area contributed by atoms with Gasteiger partial charge < -0.3 is 0 Å². The Morgan fingerprint density at radius 1 is 0.259 bits per heavy atom. The van der Waals surface area contributed by atoms with Crippen molar-refractivity contribution in [3.63, 3.8) is 0 Å². The number of hydrogen-bond acceptors (Lipinski definition) is 4. The molecule has 0 bridgehead atoms. The first kappa shape index (κ1) is 34.5. The van der Waals surface area contributed by atoms with Gasteiger partial charge in [-0.05, 0) is 188 Å². The second-order valence-electron chi connectivity index (χ2n) is 15.4. The topological polar surface area (TPSA) is 0 Å². The molecule has 0 saturated heterocycles. The van der Waals surface area contributed by atoms with Crippen molar-refractivity contribution in [3.05, 3.63) is 139 Å². The Morgan fingerprint density at radius 3 is 1.00 bits per heavy atom. The van der Waals surface area contributed by atoms with Gasteiger partial charge in [-0.15, -0.1) is 0 Å². The molecule has 58 heavy (non-hydrogen) atoms. The zero-order chi connectivity index (χ0) is 38.9. The second-order valence-corrected chi connectivity index (χ2v) is 18.0. The van der Waals surface area contributed by atoms with Crippen LogP contribution in [0, 0.1) is 0 Å². The lowest BCUT2D eigenvalue weighted by molar-refractivity contribution is 1.54. The van der Waals surface area contributed by atoms with Gasteiger partial charge in [-0.1, -0.05) is 109 Å². The molecule has 0 amide bonds. The van der Waals surface area contributed by atoms with Gasteiger partial charge in [0.25, 0.3) is 0 Å². The molecule has 13 rings (SSSR count). The Morgan fingerprint density at radius 2 is 0.603 bits per heavy atom. The highest BCUT2D eigenvalue weighted by Gasteiger charge is 2.31. The van der Waals surface area contributed by atoms with Gasteiger partial charge in [0.05, 0.1) is 0 Å². The van der Waals surface area contributed by atoms with Crippen LogP contribution >= 0.6 is 82.4 Å². The van der Waals surface area contributed by atoms with Crippen molar-refractivity contribution in [2.75, 3.05) is 0 Å². The summed E-state index contributed by atoms with van der Waals surface area (Å²) in [5, 5.41) is 41.8. The minimum Gasteiger partial charge on any atom is -0.151 e. The van der Waals surface area contributed by atoms with Gasteiger partial charge in [0, 0.05) is 24.9 Å². The molecule has 0 fully saturated rings. The van der Waals surface area contributed by atoms with Gasteiger partial charge in [-0.2, -0.15) is 50.5 Å². The van der Waals surface area contributed by atoms with Crippen LogP contribution in [0.1, 0.15) is 0 Å². The molecule has 0 aromatic heterocycles. The normalized spacial score (nSPS) is 14.4. The molecule has 13 aromatic carbocycles. The zero-order valence-corrected chi connectivity index (χ0v) is 37.0. The number of rotatable bonds is 0. The van der Waals surface area contributed by atoms with E-state index in [1.807, 2.05) is 21.6 Å². The van der Waals surface area contributed by atoms with Crippen molar-refractivity contribution < 1.29 is 0 Å². The van der Waals surface area contributed by atoms with E-state index in [4.69, 9.17) is 50.5 Å². The number of halogens is 2. The van der Waals surface area contributed by atoms with E-state index in [0.717, 1.165) is 46.0 Å². The van der Waals surface area contributed by atoms with Gasteiger partial charge in [0.15, 0.2) is 0 Å². The van der Waals surface area contributed by atoms with E-state index < -0.39 is 0 Å². The van der Waals surface area contributed by atoms with Crippen LogP contribution in [0.5, 0.6) is 0 Å². The monoisotopic (exact) mass is 936 g/mol. The molecular weight excluding hydrogens is 913 g/mol. The largest absolute Gasteiger partial charge is 0.151 e. The number of hydrogen-bond donors (Lipinski definition) is 4. The van der Waals surface area contributed by atoms with E-state index in [9.17, 15) is 0 Å². The van der Waals surface area contributed by atoms with Crippen molar-refractivity contribution in [2.24, 2.45) is 0 Å². The number of benzene rings is 13. The Balaban J connectivity index is 1.64. The van der Waals surface area contributed by atoms with Crippen LogP contribution in [0.25, 0.3) is 151 Å². The molecule has 0 heterocycles. The van der Waals surface area contributed by atoms with Crippen molar-refractivity contribution in [3.8, 4) is 0 Å². The molecule has 0 aliphatic rings. The Kier molecular flexibility index (Phi) is 7.19. The molecule has 272 valence electrons. The Labute approximate surface area is 369 Å². The first-order chi connectivity index (χ1) is 28.5. The fraction of sp³-hybridized carbons (Fsp3) is 0. The molecule has 13 aromatic rings. The van der Waals surface area contributed by atoms with E-state index in [-0.39, 0.29) is 0 Å². The smallest absolute Gasteiger partial charge is 0.0409 e. The summed E-state index contributed by atoms with van der Waals surface area (Å²) in [4.78, 5) is 0. The van der Waals surface area contributed by atoms with E-state index in [2.05, 4.69) is 141 Å². The van der Waals surface area contributed by atoms with E-state index >= 15 is 0 Å². The predicted molar refractivity (Wildman–Crippen MR) is 278 cm³/mol. The van der Waals surface area contributed by atoms with E-state index in [0.29, 0.717) is 0 Å². The zero-order valence-electron chi connectivity index (χ0n) is 30.2. The lowest BCUT2D eigenvalue weighted by atomic mass is 9.74. The summed E-state index contributed by atoms with van der Waals surface area (Å²) in [6, 6.07) is 40.8. The minimum absolute atomic E-state index is 0.941. The maximum atomic E-state index is 5.01. The lowest BCUT2D eigenvalue weighted by Crippen LogP contribution is -2.28. The molecule has 6 heteroatoms. The SMILES string of the molecule is SC=c1ccc2c(c1=CS)c1c3c(=CS)c(=CS)c(Br)c(Br)c3c3c4ccccc4c4c5ccccc5c5c6ccccc6c6c7ccccc7c2c2c6c5c4c3c12. The van der Waals surface area contributed by atoms with Crippen molar-refractivity contribution in [1.29, 1.82) is 0 Å². The molecule has 0 aliphatic carbocycles. The number of fused-ring (bicyclic) bond motifs is 18. The van der Waals surface area contributed by atoms with Crippen LogP contribution in [0.4, 0.5) is 0 Å². The second kappa shape index (κ2) is 12.1. The van der Waals surface area contributed by atoms with Gasteiger partial charge in [0.1, 0.15) is 0 Å². The molecule has 0 radical (unpaired) electrons. The fourth-order valence-corrected chi connectivity index (χ4v) is 13.6. The van der Waals surface area contributed by atoms with Crippen molar-refractivity contribution in [2.45, 2.75) is 0 Å². The molecular formula is C52H26Br2S4. The molecule has 0 nitrogen and oxygen atoms in total. The summed E-state index contributed by atoms with van der Waals surface area (Å²) in [6.45, 7) is 0. The highest BCUT2D eigenvalue weighted by Crippen LogP contribution is 2.59. The third kappa shape index (κ3) is 3.88. The van der Waals surface area contributed by atoms with Crippen LogP contribution < -0.4 is 20.9 Å². The van der Waals surface area contributed by atoms with Gasteiger partial charge in [-0.25, -0.2) is 0 Å². The highest BCUT2D eigenvalue weighted by molar-refractivity contribution is 9.13. The maximum Gasteiger partial charge on any atom is 0.0409 e. The maximum absolute atomic E-state index is 5.01. The molecule has 0 saturated carbocycles. The minimum atomic E-state index is 0.941. The third-order valence-electron chi connectivity index (χ3n) is 13.1. The average molecular weight is 939 g/mol. The quantitative estimate of drug-likeness (QED) is 0.0650. The number of thiol groups is 4. The standard InChI is InChI=1S/C52H26Br2S4/c53-51-35(22-58)34(21-57)42-43-40-32(18-17-23(19-55)33(40)20-56)39-29-14-6-5-13-28(29)37-25-10-2-1-9-24(25)36-26-11-3-4-12-27(26)38-30-15-7-8-16-31(30)41(50(42)52(51)54)48-46(38)44(36)45(37)47(39)49(43)48/h1-22,55-58H. The summed E-state index contributed by atoms with van der Waals surface area (Å²) in [6.07, 6.45) is 0. The summed E-state index contributed by atoms with van der Waals surface area (Å²) in [5.74, 6) is 0. The molecule has 0 N–H and O–H groups in total. The van der Waals surface area contributed by atoms with Gasteiger partial charge in [0.2, 0.25) is 0 Å². The first-order valence-electron chi connectivity index (χ1n) is 19.0. The van der Waals surface area contributed by atoms with Gasteiger partial charge >= 0.3 is 0 Å². The van der Waals surface area contributed by atoms with Crippen molar-refractivity contribution >= 4 is 233 Å². The van der Waals surface area contributed by atoms with E-state index in [1.165, 1.54) is 113 Å². The first-order valence-corrected chi connectivity index (χ1v) is 22.7. The Bertz CT molecular complexity index is 4310. The summed E-state index contributed by atoms with van der Waals surface area (Å²) < 4.78 is 1.93. The van der Waals surface area contributed by atoms with Crippen LogP contribution in [0.15, 0.2) is 118 Å². The molecule has 0 aliphatic heterocycles.